The number of aliphatic hydroxyl groups is 1. The quantitative estimate of drug-likeness (QED) is 0.743. The van der Waals surface area contributed by atoms with Gasteiger partial charge in [0.15, 0.2) is 0 Å². The maximum absolute atomic E-state index is 9.13. The topological polar surface area (TPSA) is 20.2 Å². The predicted octanol–water partition coefficient (Wildman–Crippen LogP) is 1.48. The van der Waals surface area contributed by atoms with Crippen molar-refractivity contribution in [3.8, 4) is 0 Å². The molecule has 0 aromatic heterocycles. The van der Waals surface area contributed by atoms with E-state index < -0.39 is 0 Å². The molecule has 0 aliphatic rings. The van der Waals surface area contributed by atoms with E-state index >= 15 is 0 Å². The molecule has 0 unspecified atom stereocenters. The second-order valence-corrected chi connectivity index (χ2v) is 4.04. The fraction of sp³-hybridized carbons (Fsp3) is 0.857. The second-order valence-electron chi connectivity index (χ2n) is 2.94. The second kappa shape index (κ2) is 3.58. The van der Waals surface area contributed by atoms with Gasteiger partial charge in [-0.25, -0.2) is 0 Å². The molecule has 54 valence electrons. The molecule has 0 fully saturated rings. The molecule has 0 aliphatic heterocycles. The molecule has 1 nitrogen and oxygen atoms in total. The SMILES string of the molecule is CCCC(C)(C)C(O)=[Te]. The Hall–Kier alpha value is 0.460. The molecular weight excluding hydrogens is 228 g/mol. The van der Waals surface area contributed by atoms with Crippen LogP contribution in [0.2, 0.25) is 0 Å². The minimum atomic E-state index is 0.0270. The number of aliphatic hydroxyl groups excluding tert-OH is 1. The van der Waals surface area contributed by atoms with Gasteiger partial charge >= 0.3 is 69.7 Å². The van der Waals surface area contributed by atoms with Crippen molar-refractivity contribution in [3.05, 3.63) is 0 Å². The zero-order valence-electron chi connectivity index (χ0n) is 6.27. The van der Waals surface area contributed by atoms with Crippen LogP contribution in [0, 0.1) is 5.41 Å². The summed E-state index contributed by atoms with van der Waals surface area (Å²) in [4.78, 5) is 0. The van der Waals surface area contributed by atoms with Gasteiger partial charge in [0.1, 0.15) is 0 Å². The van der Waals surface area contributed by atoms with Crippen LogP contribution in [0.4, 0.5) is 0 Å². The molecule has 0 amide bonds. The van der Waals surface area contributed by atoms with Crippen molar-refractivity contribution in [2.75, 3.05) is 0 Å². The van der Waals surface area contributed by atoms with Crippen molar-refractivity contribution in [2.45, 2.75) is 33.6 Å². The molecule has 1 N–H and O–H groups in total. The molecule has 0 radical (unpaired) electrons. The molecular formula is C7H14OTe. The third-order valence-corrected chi connectivity index (χ3v) is 3.03. The molecule has 0 spiro atoms. The van der Waals surface area contributed by atoms with Crippen molar-refractivity contribution >= 4 is 25.6 Å². The fourth-order valence-electron chi connectivity index (χ4n) is 0.732. The van der Waals surface area contributed by atoms with Gasteiger partial charge < -0.3 is 0 Å². The summed E-state index contributed by atoms with van der Waals surface area (Å²) in [5.74, 6) is 0. The van der Waals surface area contributed by atoms with Crippen molar-refractivity contribution in [2.24, 2.45) is 5.41 Å². The Labute approximate surface area is 69.9 Å². The van der Waals surface area contributed by atoms with Gasteiger partial charge in [0.25, 0.3) is 0 Å². The Morgan fingerprint density at radius 3 is 2.11 bits per heavy atom. The maximum atomic E-state index is 9.13. The average molecular weight is 242 g/mol. The van der Waals surface area contributed by atoms with Gasteiger partial charge in [0.05, 0.1) is 0 Å². The van der Waals surface area contributed by atoms with Gasteiger partial charge in [-0.3, -0.25) is 0 Å². The number of rotatable bonds is 3. The molecule has 0 heterocycles. The number of hydrogen-bond donors (Lipinski definition) is 1. The van der Waals surface area contributed by atoms with E-state index in [1.165, 1.54) is 0 Å². The normalized spacial score (nSPS) is 11.4. The zero-order chi connectivity index (χ0) is 7.49. The molecule has 2 heteroatoms. The molecule has 0 saturated heterocycles. The molecule has 0 saturated carbocycles. The van der Waals surface area contributed by atoms with E-state index in [1.54, 1.807) is 21.8 Å². The van der Waals surface area contributed by atoms with Crippen LogP contribution in [-0.2, 0) is 0 Å². The molecule has 0 bridgehead atoms. The van der Waals surface area contributed by atoms with Gasteiger partial charge in [-0.2, -0.15) is 0 Å². The molecule has 0 atom stereocenters. The summed E-state index contributed by atoms with van der Waals surface area (Å²) in [6.07, 6.45) is 2.20. The summed E-state index contributed by atoms with van der Waals surface area (Å²) in [7, 11) is 0. The van der Waals surface area contributed by atoms with Crippen LogP contribution >= 0.6 is 0 Å². The summed E-state index contributed by atoms with van der Waals surface area (Å²) in [6.45, 7) is 6.26. The Kier molecular flexibility index (Phi) is 3.77. The van der Waals surface area contributed by atoms with Crippen LogP contribution in [0.25, 0.3) is 0 Å². The third kappa shape index (κ3) is 3.23. The Balaban J connectivity index is 3.85. The van der Waals surface area contributed by atoms with Crippen LogP contribution in [0.3, 0.4) is 0 Å². The predicted molar refractivity (Wildman–Crippen MR) is 41.4 cm³/mol. The van der Waals surface area contributed by atoms with E-state index in [0.29, 0.717) is 3.74 Å². The molecule has 0 aromatic carbocycles. The first kappa shape index (κ1) is 9.46. The third-order valence-electron chi connectivity index (χ3n) is 1.45. The Morgan fingerprint density at radius 2 is 2.00 bits per heavy atom. The average Bonchev–Trinajstić information content (AvgIpc) is 1.65. The van der Waals surface area contributed by atoms with Gasteiger partial charge in [-0.15, -0.1) is 0 Å². The van der Waals surface area contributed by atoms with E-state index in [4.69, 9.17) is 5.11 Å². The summed E-state index contributed by atoms with van der Waals surface area (Å²) in [6, 6.07) is 0. The van der Waals surface area contributed by atoms with Crippen LogP contribution < -0.4 is 0 Å². The van der Waals surface area contributed by atoms with Crippen molar-refractivity contribution in [3.63, 3.8) is 0 Å². The fourth-order valence-corrected chi connectivity index (χ4v) is 1.02. The molecule has 0 rings (SSSR count). The van der Waals surface area contributed by atoms with Gasteiger partial charge in [-0.05, 0) is 0 Å². The zero-order valence-corrected chi connectivity index (χ0v) is 8.60. The first-order valence-electron chi connectivity index (χ1n) is 3.24. The van der Waals surface area contributed by atoms with Crippen LogP contribution in [-0.4, -0.2) is 30.7 Å². The Bertz CT molecular complexity index is 107. The van der Waals surface area contributed by atoms with Crippen molar-refractivity contribution in [1.29, 1.82) is 0 Å². The first-order valence-corrected chi connectivity index (χ1v) is 4.40. The van der Waals surface area contributed by atoms with E-state index in [-0.39, 0.29) is 5.41 Å². The van der Waals surface area contributed by atoms with E-state index in [0.717, 1.165) is 12.8 Å². The summed E-state index contributed by atoms with van der Waals surface area (Å²) in [5.41, 5.74) is 0.0270. The van der Waals surface area contributed by atoms with Crippen molar-refractivity contribution in [1.82, 2.24) is 0 Å². The van der Waals surface area contributed by atoms with Crippen LogP contribution in [0.1, 0.15) is 33.6 Å². The number of hydrogen-bond acceptors (Lipinski definition) is 1. The standard InChI is InChI=1S/C7H14OTe/c1-4-5-7(2,3)6(8)9/h4-5H2,1-3H3,(H,8,9). The first-order chi connectivity index (χ1) is 4.00. The molecule has 0 aliphatic carbocycles. The van der Waals surface area contributed by atoms with Gasteiger partial charge in [-0.1, -0.05) is 0 Å². The summed E-state index contributed by atoms with van der Waals surface area (Å²) >= 11 is 1.70. The van der Waals surface area contributed by atoms with Crippen molar-refractivity contribution < 1.29 is 5.11 Å². The van der Waals surface area contributed by atoms with Gasteiger partial charge in [0, 0.05) is 0 Å². The van der Waals surface area contributed by atoms with E-state index in [9.17, 15) is 0 Å². The van der Waals surface area contributed by atoms with Crippen LogP contribution in [0.5, 0.6) is 0 Å². The monoisotopic (exact) mass is 244 g/mol. The minimum absolute atomic E-state index is 0.0270. The summed E-state index contributed by atoms with van der Waals surface area (Å²) < 4.78 is 0.556. The van der Waals surface area contributed by atoms with Gasteiger partial charge in [0.2, 0.25) is 0 Å². The van der Waals surface area contributed by atoms with E-state index in [1.807, 2.05) is 0 Å². The Morgan fingerprint density at radius 1 is 1.56 bits per heavy atom. The van der Waals surface area contributed by atoms with Crippen LogP contribution in [0.15, 0.2) is 0 Å². The summed E-state index contributed by atoms with van der Waals surface area (Å²) in [5, 5.41) is 9.13. The molecule has 0 aromatic rings. The molecule has 9 heavy (non-hydrogen) atoms. The van der Waals surface area contributed by atoms with E-state index in [2.05, 4.69) is 20.8 Å².